The average Bonchev–Trinajstić information content (AvgIpc) is 2.92. The van der Waals surface area contributed by atoms with Crippen LogP contribution in [0.4, 0.5) is 5.82 Å². The highest BCUT2D eigenvalue weighted by atomic mass is 35.5. The number of rotatable bonds is 6. The van der Waals surface area contributed by atoms with E-state index in [4.69, 9.17) is 4.52 Å². The summed E-state index contributed by atoms with van der Waals surface area (Å²) in [5, 5.41) is 12.4. The molecule has 3 N–H and O–H groups in total. The smallest absolute Gasteiger partial charge is 0.238 e. The average molecular weight is 377 g/mol. The second kappa shape index (κ2) is 9.90. The van der Waals surface area contributed by atoms with E-state index in [1.165, 1.54) is 11.8 Å². The van der Waals surface area contributed by atoms with Gasteiger partial charge in [0.2, 0.25) is 11.8 Å². The van der Waals surface area contributed by atoms with Crippen molar-refractivity contribution in [3.05, 3.63) is 11.8 Å². The number of thioether (sulfide) groups is 1. The zero-order valence-electron chi connectivity index (χ0n) is 14.1. The number of hydrogen-bond donors (Lipinski definition) is 3. The molecule has 2 heterocycles. The molecule has 3 unspecified atom stereocenters. The molecule has 3 atom stereocenters. The predicted octanol–water partition coefficient (Wildman–Crippen LogP) is 1.58. The van der Waals surface area contributed by atoms with E-state index in [1.54, 1.807) is 19.9 Å². The molecule has 1 aliphatic rings. The molecule has 0 saturated carbocycles. The minimum Gasteiger partial charge on any atom is -0.360 e. The molecule has 0 radical (unpaired) electrons. The fraction of sp³-hybridized carbons (Fsp3) is 0.667. The molecule has 0 spiro atoms. The number of aryl methyl sites for hydroxylation is 1. The summed E-state index contributed by atoms with van der Waals surface area (Å²) in [5.74, 6) is 1.51. The van der Waals surface area contributed by atoms with Crippen molar-refractivity contribution >= 4 is 41.8 Å². The molecule has 24 heavy (non-hydrogen) atoms. The van der Waals surface area contributed by atoms with Crippen LogP contribution >= 0.6 is 24.2 Å². The van der Waals surface area contributed by atoms with Gasteiger partial charge in [0.1, 0.15) is 5.76 Å². The lowest BCUT2D eigenvalue weighted by Crippen LogP contribution is -2.49. The molecule has 9 heteroatoms. The zero-order valence-corrected chi connectivity index (χ0v) is 15.8. The maximum Gasteiger partial charge on any atom is 0.238 e. The molecule has 2 amide bonds. The van der Waals surface area contributed by atoms with Crippen LogP contribution in [0.25, 0.3) is 0 Å². The van der Waals surface area contributed by atoms with Gasteiger partial charge in [-0.2, -0.15) is 0 Å². The molecule has 1 fully saturated rings. The van der Waals surface area contributed by atoms with Crippen LogP contribution in [0.3, 0.4) is 0 Å². The molecule has 1 aliphatic heterocycles. The SMILES string of the molecule is Cc1cc(NC(=O)C(C)SCC(=O)NC2CCNCC2C)no1.Cl. The van der Waals surface area contributed by atoms with E-state index in [-0.39, 0.29) is 41.3 Å². The number of anilines is 1. The Morgan fingerprint density at radius 3 is 2.92 bits per heavy atom. The largest absolute Gasteiger partial charge is 0.360 e. The highest BCUT2D eigenvalue weighted by Gasteiger charge is 2.23. The number of amides is 2. The Morgan fingerprint density at radius 2 is 2.29 bits per heavy atom. The Hall–Kier alpha value is -1.25. The summed E-state index contributed by atoms with van der Waals surface area (Å²) in [6, 6.07) is 1.87. The lowest BCUT2D eigenvalue weighted by Gasteiger charge is -2.30. The van der Waals surface area contributed by atoms with Crippen molar-refractivity contribution in [2.24, 2.45) is 5.92 Å². The predicted molar refractivity (Wildman–Crippen MR) is 97.6 cm³/mol. The third kappa shape index (κ3) is 6.33. The monoisotopic (exact) mass is 376 g/mol. The number of nitrogens with one attached hydrogen (secondary N) is 3. The van der Waals surface area contributed by atoms with Gasteiger partial charge in [-0.05, 0) is 39.3 Å². The van der Waals surface area contributed by atoms with Crippen molar-refractivity contribution in [3.63, 3.8) is 0 Å². The van der Waals surface area contributed by atoms with Crippen molar-refractivity contribution in [1.82, 2.24) is 15.8 Å². The Morgan fingerprint density at radius 1 is 1.54 bits per heavy atom. The van der Waals surface area contributed by atoms with Gasteiger partial charge in [0.25, 0.3) is 0 Å². The number of nitrogens with zero attached hydrogens (tertiary/aromatic N) is 1. The normalized spacial score (nSPS) is 21.5. The number of piperidine rings is 1. The van der Waals surface area contributed by atoms with Crippen LogP contribution in [0.2, 0.25) is 0 Å². The second-order valence-corrected chi connectivity index (χ2v) is 7.24. The summed E-state index contributed by atoms with van der Waals surface area (Å²) < 4.78 is 4.90. The van der Waals surface area contributed by atoms with Gasteiger partial charge in [-0.15, -0.1) is 24.2 Å². The Bertz CT molecular complexity index is 555. The highest BCUT2D eigenvalue weighted by molar-refractivity contribution is 8.01. The van der Waals surface area contributed by atoms with Crippen molar-refractivity contribution in [3.8, 4) is 0 Å². The van der Waals surface area contributed by atoms with Crippen molar-refractivity contribution in [2.75, 3.05) is 24.2 Å². The number of carbonyl (C=O) groups is 2. The topological polar surface area (TPSA) is 96.3 Å². The van der Waals surface area contributed by atoms with Crippen LogP contribution in [0.1, 0.15) is 26.0 Å². The van der Waals surface area contributed by atoms with E-state index < -0.39 is 0 Å². The van der Waals surface area contributed by atoms with Gasteiger partial charge in [0, 0.05) is 12.1 Å². The first-order valence-corrected chi connectivity index (χ1v) is 8.86. The van der Waals surface area contributed by atoms with Crippen molar-refractivity contribution in [1.29, 1.82) is 0 Å². The Balaban J connectivity index is 0.00000288. The van der Waals surface area contributed by atoms with E-state index in [9.17, 15) is 9.59 Å². The van der Waals surface area contributed by atoms with Gasteiger partial charge in [-0.25, -0.2) is 0 Å². The summed E-state index contributed by atoms with van der Waals surface area (Å²) >= 11 is 1.31. The number of aromatic nitrogens is 1. The summed E-state index contributed by atoms with van der Waals surface area (Å²) in [4.78, 5) is 24.1. The minimum atomic E-state index is -0.344. The molecule has 2 rings (SSSR count). The molecule has 7 nitrogen and oxygen atoms in total. The van der Waals surface area contributed by atoms with Gasteiger partial charge in [-0.1, -0.05) is 12.1 Å². The third-order valence-electron chi connectivity index (χ3n) is 3.84. The van der Waals surface area contributed by atoms with Crippen molar-refractivity contribution in [2.45, 2.75) is 38.5 Å². The minimum absolute atomic E-state index is 0. The molecule has 0 aromatic carbocycles. The van der Waals surface area contributed by atoms with Gasteiger partial charge >= 0.3 is 0 Å². The lowest BCUT2D eigenvalue weighted by atomic mass is 9.95. The van der Waals surface area contributed by atoms with Crippen LogP contribution in [-0.2, 0) is 9.59 Å². The third-order valence-corrected chi connectivity index (χ3v) is 4.99. The van der Waals surface area contributed by atoms with E-state index in [0.29, 0.717) is 17.5 Å². The van der Waals surface area contributed by atoms with Crippen molar-refractivity contribution < 1.29 is 14.1 Å². The molecule has 0 bridgehead atoms. The number of hydrogen-bond acceptors (Lipinski definition) is 6. The van der Waals surface area contributed by atoms with E-state index in [0.717, 1.165) is 19.5 Å². The molecule has 1 saturated heterocycles. The summed E-state index contributed by atoms with van der Waals surface area (Å²) in [7, 11) is 0. The van der Waals surface area contributed by atoms with Crippen LogP contribution < -0.4 is 16.0 Å². The number of carbonyl (C=O) groups excluding carboxylic acids is 2. The summed E-state index contributed by atoms with van der Waals surface area (Å²) in [6.45, 7) is 7.51. The van der Waals surface area contributed by atoms with Crippen LogP contribution in [0.15, 0.2) is 10.6 Å². The van der Waals surface area contributed by atoms with Crippen LogP contribution in [0, 0.1) is 12.8 Å². The molecule has 136 valence electrons. The van der Waals surface area contributed by atoms with Gasteiger partial charge in [0.15, 0.2) is 5.82 Å². The quantitative estimate of drug-likeness (QED) is 0.697. The first-order valence-electron chi connectivity index (χ1n) is 7.81. The maximum atomic E-state index is 12.0. The Kier molecular flexibility index (Phi) is 8.58. The standard InChI is InChI=1S/C15H24N4O3S.ClH/c1-9-7-16-5-4-12(9)17-14(20)8-23-11(3)15(21)18-13-6-10(2)22-19-13;/h6,9,11-12,16H,4-5,7-8H2,1-3H3,(H,17,20)(H,18,19,21);1H. The van der Waals surface area contributed by atoms with E-state index in [1.807, 2.05) is 0 Å². The number of halogens is 1. The first-order chi connectivity index (χ1) is 11.0. The van der Waals surface area contributed by atoms with Gasteiger partial charge in [-0.3, -0.25) is 9.59 Å². The van der Waals surface area contributed by atoms with Gasteiger partial charge in [0.05, 0.1) is 11.0 Å². The lowest BCUT2D eigenvalue weighted by molar-refractivity contribution is -0.119. The van der Waals surface area contributed by atoms with Crippen LogP contribution in [-0.4, -0.2) is 47.1 Å². The fourth-order valence-corrected chi connectivity index (χ4v) is 3.10. The maximum absolute atomic E-state index is 12.0. The van der Waals surface area contributed by atoms with E-state index in [2.05, 4.69) is 28.0 Å². The second-order valence-electron chi connectivity index (χ2n) is 5.91. The summed E-state index contributed by atoms with van der Waals surface area (Å²) in [6.07, 6.45) is 0.944. The van der Waals surface area contributed by atoms with Gasteiger partial charge < -0.3 is 20.5 Å². The molecule has 1 aromatic heterocycles. The first kappa shape index (κ1) is 20.8. The fourth-order valence-electron chi connectivity index (χ4n) is 2.41. The van der Waals surface area contributed by atoms with Crippen LogP contribution in [0.5, 0.6) is 0 Å². The zero-order chi connectivity index (χ0) is 16.8. The molecule has 0 aliphatic carbocycles. The molecule has 1 aromatic rings. The molecular weight excluding hydrogens is 352 g/mol. The Labute approximate surface area is 152 Å². The highest BCUT2D eigenvalue weighted by Crippen LogP contribution is 2.15. The molecular formula is C15H25ClN4O3S. The summed E-state index contributed by atoms with van der Waals surface area (Å²) in [5.41, 5.74) is 0. The van der Waals surface area contributed by atoms with E-state index >= 15 is 0 Å².